The summed E-state index contributed by atoms with van der Waals surface area (Å²) in [6.07, 6.45) is 9.81. The first-order chi connectivity index (χ1) is 13.4. The van der Waals surface area contributed by atoms with Crippen LogP contribution in [0.4, 0.5) is 0 Å². The summed E-state index contributed by atoms with van der Waals surface area (Å²) in [5.41, 5.74) is 2.95. The monoisotopic (exact) mass is 388 g/mol. The molecule has 2 heterocycles. The molecule has 154 valence electrons. The molecule has 28 heavy (non-hydrogen) atoms. The average Bonchev–Trinajstić information content (AvgIpc) is 2.94. The van der Waals surface area contributed by atoms with Gasteiger partial charge in [-0.05, 0) is 56.9 Å². The fourth-order valence-electron chi connectivity index (χ4n) is 5.97. The molecule has 0 aromatic carbocycles. The molecule has 2 aliphatic carbocycles. The highest BCUT2D eigenvalue weighted by atomic mass is 16.6. The average molecular weight is 389 g/mol. The van der Waals surface area contributed by atoms with Gasteiger partial charge in [-0.2, -0.15) is 0 Å². The highest BCUT2D eigenvalue weighted by Crippen LogP contribution is 2.52. The first kappa shape index (κ1) is 19.7. The summed E-state index contributed by atoms with van der Waals surface area (Å²) in [4.78, 5) is 26.3. The highest BCUT2D eigenvalue weighted by Gasteiger charge is 2.52. The number of allylic oxidation sites excluding steroid dienone is 3. The van der Waals surface area contributed by atoms with Crippen LogP contribution in [0.1, 0.15) is 52.9 Å². The number of hydrogen-bond donors (Lipinski definition) is 1. The van der Waals surface area contributed by atoms with E-state index in [4.69, 9.17) is 9.47 Å². The van der Waals surface area contributed by atoms with E-state index in [1.54, 1.807) is 0 Å². The topological polar surface area (TPSA) is 57.0 Å². The number of rotatable bonds is 4. The Morgan fingerprint density at radius 2 is 2.25 bits per heavy atom. The van der Waals surface area contributed by atoms with Gasteiger partial charge in [-0.3, -0.25) is 9.59 Å². The summed E-state index contributed by atoms with van der Waals surface area (Å²) >= 11 is 0. The normalized spacial score (nSPS) is 40.0. The van der Waals surface area contributed by atoms with Crippen LogP contribution in [-0.4, -0.2) is 44.3 Å². The number of likely N-dealkylation sites (tertiary alicyclic amines) is 1. The third-order valence-corrected chi connectivity index (χ3v) is 7.44. The maximum Gasteiger partial charge on any atom is 0.315 e. The van der Waals surface area contributed by atoms with E-state index in [2.05, 4.69) is 26.0 Å². The van der Waals surface area contributed by atoms with Crippen molar-refractivity contribution in [1.82, 2.24) is 0 Å². The minimum Gasteiger partial charge on any atom is -0.466 e. The number of carbonyl (C=O) groups is 2. The van der Waals surface area contributed by atoms with Crippen molar-refractivity contribution < 1.29 is 24.0 Å². The lowest BCUT2D eigenvalue weighted by Crippen LogP contribution is -3.14. The molecular weight excluding hydrogens is 354 g/mol. The molecule has 0 radical (unpaired) electrons. The van der Waals surface area contributed by atoms with Crippen LogP contribution in [0, 0.1) is 23.2 Å². The number of nitrogens with one attached hydrogen (secondary N) is 1. The first-order valence-corrected chi connectivity index (χ1v) is 11.0. The first-order valence-electron chi connectivity index (χ1n) is 11.0. The zero-order valence-electron chi connectivity index (χ0n) is 17.5. The summed E-state index contributed by atoms with van der Waals surface area (Å²) in [7, 11) is 0. The molecule has 1 N–H and O–H groups in total. The Morgan fingerprint density at radius 3 is 3.04 bits per heavy atom. The van der Waals surface area contributed by atoms with Gasteiger partial charge in [0, 0.05) is 5.92 Å². The number of quaternary nitrogens is 1. The molecule has 2 fully saturated rings. The zero-order chi connectivity index (χ0) is 19.9. The predicted molar refractivity (Wildman–Crippen MR) is 106 cm³/mol. The Bertz CT molecular complexity index is 711. The Balaban J connectivity index is 1.49. The van der Waals surface area contributed by atoms with Crippen LogP contribution in [0.25, 0.3) is 0 Å². The summed E-state index contributed by atoms with van der Waals surface area (Å²) in [6, 6.07) is 0. The second kappa shape index (κ2) is 7.66. The van der Waals surface area contributed by atoms with Crippen LogP contribution in [0.3, 0.4) is 0 Å². The minimum atomic E-state index is -0.0901. The van der Waals surface area contributed by atoms with E-state index in [-0.39, 0.29) is 41.2 Å². The van der Waals surface area contributed by atoms with Crippen LogP contribution in [-0.2, 0) is 19.1 Å². The molecule has 0 bridgehead atoms. The van der Waals surface area contributed by atoms with E-state index in [9.17, 15) is 9.59 Å². The number of esters is 2. The van der Waals surface area contributed by atoms with Crippen LogP contribution < -0.4 is 4.90 Å². The number of carbonyl (C=O) groups excluding carboxylic acids is 2. The van der Waals surface area contributed by atoms with E-state index in [1.807, 2.05) is 6.92 Å². The summed E-state index contributed by atoms with van der Waals surface area (Å²) in [5, 5.41) is 0. The van der Waals surface area contributed by atoms with Crippen molar-refractivity contribution in [3.05, 3.63) is 23.3 Å². The van der Waals surface area contributed by atoms with Crippen molar-refractivity contribution in [2.75, 3.05) is 26.2 Å². The molecular formula is C23H34NO4+. The predicted octanol–water partition coefficient (Wildman–Crippen LogP) is 2.08. The number of fused-ring (bicyclic) bond motifs is 2. The van der Waals surface area contributed by atoms with Crippen molar-refractivity contribution >= 4 is 11.9 Å². The lowest BCUT2D eigenvalue weighted by Gasteiger charge is -2.43. The maximum absolute atomic E-state index is 12.8. The molecule has 2 saturated heterocycles. The highest BCUT2D eigenvalue weighted by molar-refractivity contribution is 5.76. The van der Waals surface area contributed by atoms with Crippen molar-refractivity contribution in [3.8, 4) is 0 Å². The van der Waals surface area contributed by atoms with Gasteiger partial charge in [-0.25, -0.2) is 0 Å². The SMILES string of the molecule is CCOC(=O)[C@H]1CCC[NH+](C[C@H]2C(=O)O[C@@H]3C[C@@]4(C)CCC=C(C)C4=C[C@@H]32)C1. The Kier molecular flexibility index (Phi) is 5.38. The second-order valence-corrected chi connectivity index (χ2v) is 9.43. The minimum absolute atomic E-state index is 0.0159. The van der Waals surface area contributed by atoms with E-state index in [0.29, 0.717) is 6.61 Å². The van der Waals surface area contributed by atoms with E-state index >= 15 is 0 Å². The number of piperidine rings is 1. The molecule has 5 nitrogen and oxygen atoms in total. The van der Waals surface area contributed by atoms with Crippen molar-refractivity contribution in [2.45, 2.75) is 59.0 Å². The maximum atomic E-state index is 12.8. The lowest BCUT2D eigenvalue weighted by molar-refractivity contribution is -0.910. The van der Waals surface area contributed by atoms with Crippen molar-refractivity contribution in [3.63, 3.8) is 0 Å². The van der Waals surface area contributed by atoms with Crippen LogP contribution in [0.15, 0.2) is 23.3 Å². The molecule has 0 amide bonds. The van der Waals surface area contributed by atoms with Gasteiger partial charge in [-0.15, -0.1) is 0 Å². The quantitative estimate of drug-likeness (QED) is 0.749. The second-order valence-electron chi connectivity index (χ2n) is 9.43. The Hall–Kier alpha value is -1.62. The van der Waals surface area contributed by atoms with Crippen LogP contribution in [0.2, 0.25) is 0 Å². The van der Waals surface area contributed by atoms with Crippen LogP contribution in [0.5, 0.6) is 0 Å². The van der Waals surface area contributed by atoms with Gasteiger partial charge >= 0.3 is 11.9 Å². The summed E-state index contributed by atoms with van der Waals surface area (Å²) in [6.45, 7) is 9.37. The van der Waals surface area contributed by atoms with Gasteiger partial charge in [0.2, 0.25) is 0 Å². The fourth-order valence-corrected chi connectivity index (χ4v) is 5.97. The van der Waals surface area contributed by atoms with Crippen molar-refractivity contribution in [2.24, 2.45) is 23.2 Å². The summed E-state index contributed by atoms with van der Waals surface area (Å²) < 4.78 is 11.1. The van der Waals surface area contributed by atoms with Gasteiger partial charge in [0.25, 0.3) is 0 Å². The third kappa shape index (κ3) is 3.54. The molecule has 5 heteroatoms. The number of ether oxygens (including phenoxy) is 2. The van der Waals surface area contributed by atoms with E-state index in [1.165, 1.54) is 16.0 Å². The van der Waals surface area contributed by atoms with Gasteiger partial charge in [0.05, 0.1) is 26.2 Å². The smallest absolute Gasteiger partial charge is 0.315 e. The standard InChI is InChI=1S/C23H33NO4/c1-4-27-21(25)16-8-6-10-24(13-16)14-18-17-11-19-15(2)7-5-9-23(19,3)12-20(17)28-22(18)26/h7,11,16-18,20H,4-6,8-10,12-14H2,1-3H3/p+1/t16-,17+,18+,20+,23+/m0/s1. The van der Waals surface area contributed by atoms with Gasteiger partial charge in [0.1, 0.15) is 17.9 Å². The Morgan fingerprint density at radius 1 is 1.43 bits per heavy atom. The van der Waals surface area contributed by atoms with Crippen molar-refractivity contribution in [1.29, 1.82) is 0 Å². The van der Waals surface area contributed by atoms with Gasteiger partial charge in [-0.1, -0.05) is 24.6 Å². The third-order valence-electron chi connectivity index (χ3n) is 7.44. The van der Waals surface area contributed by atoms with Crippen LogP contribution >= 0.6 is 0 Å². The summed E-state index contributed by atoms with van der Waals surface area (Å²) in [5.74, 6) is -0.0692. The largest absolute Gasteiger partial charge is 0.466 e. The molecule has 6 atom stereocenters. The molecule has 0 aromatic heterocycles. The Labute approximate surface area is 168 Å². The molecule has 2 aliphatic heterocycles. The van der Waals surface area contributed by atoms with Gasteiger partial charge < -0.3 is 14.4 Å². The molecule has 0 spiro atoms. The van der Waals surface area contributed by atoms with Gasteiger partial charge in [0.15, 0.2) is 0 Å². The molecule has 4 rings (SSSR count). The molecule has 4 aliphatic rings. The zero-order valence-corrected chi connectivity index (χ0v) is 17.5. The fraction of sp³-hybridized carbons (Fsp3) is 0.739. The van der Waals surface area contributed by atoms with E-state index in [0.717, 1.165) is 51.7 Å². The molecule has 0 aromatic rings. The molecule has 0 saturated carbocycles. The lowest BCUT2D eigenvalue weighted by atomic mass is 9.62. The number of hydrogen-bond acceptors (Lipinski definition) is 4. The van der Waals surface area contributed by atoms with E-state index < -0.39 is 0 Å². The molecule has 1 unspecified atom stereocenters.